The summed E-state index contributed by atoms with van der Waals surface area (Å²) in [5, 5.41) is 9.83. The van der Waals surface area contributed by atoms with Gasteiger partial charge < -0.3 is 25.6 Å². The summed E-state index contributed by atoms with van der Waals surface area (Å²) in [4.78, 5) is 25.2. The lowest BCUT2D eigenvalue weighted by Gasteiger charge is -2.31. The molecule has 1 amide bonds. The van der Waals surface area contributed by atoms with E-state index in [9.17, 15) is 4.79 Å². The van der Waals surface area contributed by atoms with E-state index in [-0.39, 0.29) is 11.3 Å². The number of amides is 1. The van der Waals surface area contributed by atoms with Gasteiger partial charge in [0.15, 0.2) is 0 Å². The van der Waals surface area contributed by atoms with Gasteiger partial charge in [0.05, 0.1) is 13.2 Å². The number of fused-ring (bicyclic) bond motifs is 1. The topological polar surface area (TPSA) is 90.9 Å². The molecule has 0 aliphatic carbocycles. The molecule has 1 saturated heterocycles. The highest BCUT2D eigenvalue weighted by molar-refractivity contribution is 6.13. The van der Waals surface area contributed by atoms with Crippen LogP contribution in [-0.2, 0) is 16.8 Å². The van der Waals surface area contributed by atoms with E-state index in [1.165, 1.54) is 31.5 Å². The summed E-state index contributed by atoms with van der Waals surface area (Å²) in [6, 6.07) is 10.0. The summed E-state index contributed by atoms with van der Waals surface area (Å²) in [5.41, 5.74) is 3.43. The zero-order valence-electron chi connectivity index (χ0n) is 23.7. The molecule has 3 aliphatic rings. The quantitative estimate of drug-likeness (QED) is 0.448. The van der Waals surface area contributed by atoms with Crippen LogP contribution in [-0.4, -0.2) is 54.9 Å². The molecule has 1 atom stereocenters. The third-order valence-electron chi connectivity index (χ3n) is 8.45. The van der Waals surface area contributed by atoms with E-state index in [0.29, 0.717) is 31.3 Å². The van der Waals surface area contributed by atoms with E-state index < -0.39 is 5.41 Å². The van der Waals surface area contributed by atoms with Crippen LogP contribution in [0.2, 0.25) is 0 Å². The lowest BCUT2D eigenvalue weighted by Crippen LogP contribution is -2.47. The molecule has 208 valence electrons. The first-order chi connectivity index (χ1) is 18.7. The molecule has 0 radical (unpaired) electrons. The van der Waals surface area contributed by atoms with E-state index in [4.69, 9.17) is 9.73 Å². The van der Waals surface area contributed by atoms with Crippen LogP contribution in [0.25, 0.3) is 0 Å². The number of nitrogens with zero attached hydrogens (tertiary/aromatic N) is 3. The average molecular weight is 531 g/mol. The minimum absolute atomic E-state index is 0.0806. The molecule has 8 nitrogen and oxygen atoms in total. The molecule has 4 heterocycles. The van der Waals surface area contributed by atoms with Crippen molar-refractivity contribution < 1.29 is 9.53 Å². The van der Waals surface area contributed by atoms with Crippen molar-refractivity contribution in [2.45, 2.75) is 58.4 Å². The first kappa shape index (κ1) is 27.2. The number of allylic oxidation sites excluding steroid dienone is 1. The molecule has 8 heteroatoms. The Kier molecular flexibility index (Phi) is 7.93. The second-order valence-corrected chi connectivity index (χ2v) is 12.1. The fraction of sp³-hybridized carbons (Fsp3) is 0.516. The number of piperidine rings is 1. The van der Waals surface area contributed by atoms with Gasteiger partial charge in [0, 0.05) is 35.6 Å². The summed E-state index contributed by atoms with van der Waals surface area (Å²) < 4.78 is 5.99. The van der Waals surface area contributed by atoms with Crippen LogP contribution < -0.4 is 20.7 Å². The van der Waals surface area contributed by atoms with Crippen molar-refractivity contribution in [2.75, 3.05) is 43.9 Å². The number of hydrogen-bond donors (Lipinski definition) is 3. The van der Waals surface area contributed by atoms with Gasteiger partial charge in [-0.25, -0.2) is 4.98 Å². The van der Waals surface area contributed by atoms with Gasteiger partial charge in [-0.05, 0) is 94.2 Å². The van der Waals surface area contributed by atoms with E-state index >= 15 is 0 Å². The van der Waals surface area contributed by atoms with E-state index in [0.717, 1.165) is 35.8 Å². The average Bonchev–Trinajstić information content (AvgIpc) is 3.23. The SMILES string of the molecule is CN1CCC(CCOc2cc(CN=C3NC=CCC3(C)C(=O)Nc3ccc4c(c3)NCC4(C)C)ccn2)CC1. The van der Waals surface area contributed by atoms with Gasteiger partial charge in [-0.3, -0.25) is 9.79 Å². The lowest BCUT2D eigenvalue weighted by atomic mass is 9.82. The minimum atomic E-state index is -0.805. The smallest absolute Gasteiger partial charge is 0.238 e. The second-order valence-electron chi connectivity index (χ2n) is 12.1. The van der Waals surface area contributed by atoms with Crippen LogP contribution in [0.5, 0.6) is 5.88 Å². The Bertz CT molecular complexity index is 1250. The van der Waals surface area contributed by atoms with Gasteiger partial charge in [0.1, 0.15) is 11.3 Å². The molecule has 1 unspecified atom stereocenters. The van der Waals surface area contributed by atoms with Crippen molar-refractivity contribution in [3.05, 3.63) is 59.9 Å². The zero-order chi connectivity index (χ0) is 27.5. The van der Waals surface area contributed by atoms with Crippen molar-refractivity contribution in [2.24, 2.45) is 16.3 Å². The number of aromatic nitrogens is 1. The summed E-state index contributed by atoms with van der Waals surface area (Å²) in [6.45, 7) is 10.7. The van der Waals surface area contributed by atoms with Crippen LogP contribution >= 0.6 is 0 Å². The van der Waals surface area contributed by atoms with Crippen LogP contribution in [0.3, 0.4) is 0 Å². The van der Waals surface area contributed by atoms with E-state index in [1.807, 2.05) is 43.5 Å². The van der Waals surface area contributed by atoms with Crippen molar-refractivity contribution in [3.63, 3.8) is 0 Å². The second kappa shape index (κ2) is 11.4. The minimum Gasteiger partial charge on any atom is -0.478 e. The van der Waals surface area contributed by atoms with Crippen LogP contribution in [0.15, 0.2) is 53.8 Å². The van der Waals surface area contributed by atoms with Gasteiger partial charge in [-0.15, -0.1) is 0 Å². The van der Waals surface area contributed by atoms with E-state index in [1.54, 1.807) is 6.20 Å². The number of likely N-dealkylation sites (tertiary alicyclic amines) is 1. The molecular formula is C31H42N6O2. The molecule has 2 aromatic rings. The van der Waals surface area contributed by atoms with E-state index in [2.05, 4.69) is 52.8 Å². The number of nitrogens with one attached hydrogen (secondary N) is 3. The predicted molar refractivity (Wildman–Crippen MR) is 157 cm³/mol. The molecule has 1 aromatic carbocycles. The number of amidine groups is 1. The van der Waals surface area contributed by atoms with Gasteiger partial charge in [-0.2, -0.15) is 0 Å². The third kappa shape index (κ3) is 6.27. The Labute approximate surface area is 232 Å². The van der Waals surface area contributed by atoms with Crippen LogP contribution in [0.4, 0.5) is 11.4 Å². The summed E-state index contributed by atoms with van der Waals surface area (Å²) in [5.74, 6) is 1.93. The fourth-order valence-electron chi connectivity index (χ4n) is 5.63. The monoisotopic (exact) mass is 530 g/mol. The number of carbonyl (C=O) groups excluding carboxylic acids is 1. The third-order valence-corrected chi connectivity index (χ3v) is 8.45. The Morgan fingerprint density at radius 2 is 2.03 bits per heavy atom. The van der Waals surface area contributed by atoms with Crippen LogP contribution in [0, 0.1) is 11.3 Å². The van der Waals surface area contributed by atoms with Gasteiger partial charge >= 0.3 is 0 Å². The normalized spacial score (nSPS) is 23.6. The molecule has 1 aromatic heterocycles. The van der Waals surface area contributed by atoms with Crippen molar-refractivity contribution in [3.8, 4) is 5.88 Å². The maximum absolute atomic E-state index is 13.5. The number of carbonyl (C=O) groups is 1. The largest absolute Gasteiger partial charge is 0.478 e. The highest BCUT2D eigenvalue weighted by Gasteiger charge is 2.39. The maximum Gasteiger partial charge on any atom is 0.238 e. The molecule has 3 aliphatic heterocycles. The molecule has 0 saturated carbocycles. The maximum atomic E-state index is 13.5. The highest BCUT2D eigenvalue weighted by Crippen LogP contribution is 2.38. The first-order valence-electron chi connectivity index (χ1n) is 14.2. The first-order valence-corrected chi connectivity index (χ1v) is 14.2. The number of rotatable bonds is 8. The number of hydrogen-bond acceptors (Lipinski definition) is 6. The fourth-order valence-corrected chi connectivity index (χ4v) is 5.63. The molecule has 39 heavy (non-hydrogen) atoms. The highest BCUT2D eigenvalue weighted by atomic mass is 16.5. The molecule has 1 fully saturated rings. The molecular weight excluding hydrogens is 488 g/mol. The predicted octanol–water partition coefficient (Wildman–Crippen LogP) is 4.95. The standard InChI is InChI=1S/C31H42N6O2/c1-30(2)21-35-26-19-24(6-7-25(26)30)36-29(38)31(3)12-5-13-33-28(31)34-20-23-8-14-32-27(18-23)39-17-11-22-9-15-37(4)16-10-22/h5-8,13-14,18-19,22,35H,9-12,15-17,20-21H2,1-4H3,(H,33,34)(H,36,38). The molecule has 0 bridgehead atoms. The summed E-state index contributed by atoms with van der Waals surface area (Å²) >= 11 is 0. The molecule has 3 N–H and O–H groups in total. The number of anilines is 2. The summed E-state index contributed by atoms with van der Waals surface area (Å²) in [7, 11) is 2.19. The Morgan fingerprint density at radius 3 is 2.85 bits per heavy atom. The molecule has 5 rings (SSSR count). The van der Waals surface area contributed by atoms with Crippen LogP contribution in [0.1, 0.15) is 57.6 Å². The van der Waals surface area contributed by atoms with Gasteiger partial charge in [-0.1, -0.05) is 26.0 Å². The van der Waals surface area contributed by atoms with Crippen molar-refractivity contribution in [1.82, 2.24) is 15.2 Å². The van der Waals surface area contributed by atoms with Crippen molar-refractivity contribution in [1.29, 1.82) is 0 Å². The van der Waals surface area contributed by atoms with Gasteiger partial charge in [0.25, 0.3) is 0 Å². The summed E-state index contributed by atoms with van der Waals surface area (Å²) in [6.07, 6.45) is 9.71. The Morgan fingerprint density at radius 1 is 1.21 bits per heavy atom. The number of pyridine rings is 1. The van der Waals surface area contributed by atoms with Crippen molar-refractivity contribution >= 4 is 23.1 Å². The molecule has 0 spiro atoms. The Hall–Kier alpha value is -3.39. The number of ether oxygens (including phenoxy) is 1. The number of benzene rings is 1. The Balaban J connectivity index is 1.21. The lowest BCUT2D eigenvalue weighted by molar-refractivity contribution is -0.121. The zero-order valence-corrected chi connectivity index (χ0v) is 23.7. The van der Waals surface area contributed by atoms with Gasteiger partial charge in [0.2, 0.25) is 11.8 Å². The number of aliphatic imine (C=N–C) groups is 1.